The molecule has 2 aromatic rings. The lowest BCUT2D eigenvalue weighted by molar-refractivity contribution is 0.174. The molecule has 0 radical (unpaired) electrons. The fourth-order valence-electron chi connectivity index (χ4n) is 3.02. The maximum atomic E-state index is 8.92. The molecular formula is C22H29N3O5. The highest BCUT2D eigenvalue weighted by Crippen LogP contribution is 2.32. The monoisotopic (exact) mass is 415 g/mol. The van der Waals surface area contributed by atoms with Crippen molar-refractivity contribution in [2.24, 2.45) is 4.99 Å². The van der Waals surface area contributed by atoms with Crippen LogP contribution in [0.5, 0.6) is 23.0 Å². The zero-order valence-corrected chi connectivity index (χ0v) is 17.4. The van der Waals surface area contributed by atoms with Crippen molar-refractivity contribution in [3.8, 4) is 23.0 Å². The summed E-state index contributed by atoms with van der Waals surface area (Å²) in [5.41, 5.74) is 2.17. The van der Waals surface area contributed by atoms with E-state index in [9.17, 15) is 0 Å². The Morgan fingerprint density at radius 1 is 1.07 bits per heavy atom. The summed E-state index contributed by atoms with van der Waals surface area (Å²) in [5, 5.41) is 15.5. The molecule has 0 aliphatic carbocycles. The van der Waals surface area contributed by atoms with Gasteiger partial charge in [-0.3, -0.25) is 0 Å². The van der Waals surface area contributed by atoms with E-state index in [0.29, 0.717) is 18.0 Å². The molecule has 1 aliphatic heterocycles. The third-order valence-electron chi connectivity index (χ3n) is 4.48. The molecule has 0 fully saturated rings. The van der Waals surface area contributed by atoms with Crippen molar-refractivity contribution in [3.05, 3.63) is 47.5 Å². The van der Waals surface area contributed by atoms with E-state index in [4.69, 9.17) is 24.1 Å². The minimum atomic E-state index is -0.0425. The van der Waals surface area contributed by atoms with Crippen LogP contribution >= 0.6 is 0 Å². The van der Waals surface area contributed by atoms with Gasteiger partial charge in [0.2, 0.25) is 6.79 Å². The Labute approximate surface area is 176 Å². The number of methoxy groups -OCH3 is 1. The van der Waals surface area contributed by atoms with Crippen LogP contribution in [0.3, 0.4) is 0 Å². The second-order valence-electron chi connectivity index (χ2n) is 6.62. The SMILES string of the molecule is CCNC(=NCc1ccc(OCCO)c(OC)c1)NCCc1ccc2c(c1)OCO2. The largest absolute Gasteiger partial charge is 0.493 e. The number of nitrogens with zero attached hydrogens (tertiary/aromatic N) is 1. The van der Waals surface area contributed by atoms with E-state index in [1.54, 1.807) is 7.11 Å². The first-order chi connectivity index (χ1) is 14.7. The lowest BCUT2D eigenvalue weighted by atomic mass is 10.1. The number of fused-ring (bicyclic) bond motifs is 1. The molecule has 8 nitrogen and oxygen atoms in total. The highest BCUT2D eigenvalue weighted by molar-refractivity contribution is 5.79. The number of ether oxygens (including phenoxy) is 4. The van der Waals surface area contributed by atoms with E-state index in [0.717, 1.165) is 42.5 Å². The number of aliphatic hydroxyl groups is 1. The molecule has 1 heterocycles. The van der Waals surface area contributed by atoms with Crippen LogP contribution in [0.2, 0.25) is 0 Å². The predicted octanol–water partition coefficient (Wildman–Crippen LogP) is 2.09. The second-order valence-corrected chi connectivity index (χ2v) is 6.62. The molecule has 0 amide bonds. The first-order valence-corrected chi connectivity index (χ1v) is 10.0. The summed E-state index contributed by atoms with van der Waals surface area (Å²) >= 11 is 0. The number of benzene rings is 2. The van der Waals surface area contributed by atoms with E-state index in [2.05, 4.69) is 15.6 Å². The highest BCUT2D eigenvalue weighted by atomic mass is 16.7. The van der Waals surface area contributed by atoms with Crippen molar-refractivity contribution < 1.29 is 24.1 Å². The van der Waals surface area contributed by atoms with Gasteiger partial charge in [-0.25, -0.2) is 4.99 Å². The standard InChI is InChI=1S/C22H29N3O5/c1-3-23-22(24-9-8-16-4-6-19-21(12-16)30-15-29-19)25-14-17-5-7-18(28-11-10-26)20(13-17)27-2/h4-7,12-13,26H,3,8-11,14-15H2,1-2H3,(H2,23,24,25). The third-order valence-corrected chi connectivity index (χ3v) is 4.48. The van der Waals surface area contributed by atoms with Crippen LogP contribution in [-0.2, 0) is 13.0 Å². The summed E-state index contributed by atoms with van der Waals surface area (Å²) in [6, 6.07) is 11.7. The molecule has 0 spiro atoms. The molecule has 2 aromatic carbocycles. The second kappa shape index (κ2) is 11.2. The van der Waals surface area contributed by atoms with Crippen LogP contribution < -0.4 is 29.6 Å². The number of hydrogen-bond donors (Lipinski definition) is 3. The Morgan fingerprint density at radius 2 is 1.90 bits per heavy atom. The Balaban J connectivity index is 1.56. The summed E-state index contributed by atoms with van der Waals surface area (Å²) in [6.07, 6.45) is 0.839. The number of aliphatic imine (C=N–C) groups is 1. The van der Waals surface area contributed by atoms with Gasteiger partial charge >= 0.3 is 0 Å². The molecular weight excluding hydrogens is 386 g/mol. The zero-order valence-electron chi connectivity index (χ0n) is 17.4. The number of aliphatic hydroxyl groups excluding tert-OH is 1. The average Bonchev–Trinajstić information content (AvgIpc) is 3.24. The van der Waals surface area contributed by atoms with Crippen molar-refractivity contribution in [1.82, 2.24) is 10.6 Å². The van der Waals surface area contributed by atoms with Crippen molar-refractivity contribution in [2.45, 2.75) is 19.9 Å². The molecule has 1 aliphatic rings. The molecule has 3 N–H and O–H groups in total. The molecule has 0 saturated carbocycles. The minimum absolute atomic E-state index is 0.0425. The average molecular weight is 415 g/mol. The topological polar surface area (TPSA) is 93.6 Å². The highest BCUT2D eigenvalue weighted by Gasteiger charge is 2.13. The molecule has 0 unspecified atom stereocenters. The molecule has 0 aromatic heterocycles. The fourth-order valence-corrected chi connectivity index (χ4v) is 3.02. The van der Waals surface area contributed by atoms with Crippen molar-refractivity contribution >= 4 is 5.96 Å². The molecule has 0 saturated heterocycles. The van der Waals surface area contributed by atoms with Crippen LogP contribution in [0, 0.1) is 0 Å². The van der Waals surface area contributed by atoms with Gasteiger partial charge in [0.25, 0.3) is 0 Å². The van der Waals surface area contributed by atoms with E-state index in [-0.39, 0.29) is 20.0 Å². The fraction of sp³-hybridized carbons (Fsp3) is 0.409. The minimum Gasteiger partial charge on any atom is -0.493 e. The molecule has 30 heavy (non-hydrogen) atoms. The Kier molecular flexibility index (Phi) is 8.02. The Bertz CT molecular complexity index is 857. The Hall–Kier alpha value is -3.13. The zero-order chi connectivity index (χ0) is 21.2. The van der Waals surface area contributed by atoms with Gasteiger partial charge in [-0.05, 0) is 48.7 Å². The van der Waals surface area contributed by atoms with Crippen LogP contribution in [0.25, 0.3) is 0 Å². The lowest BCUT2D eigenvalue weighted by Gasteiger charge is -2.13. The summed E-state index contributed by atoms with van der Waals surface area (Å²) in [5.74, 6) is 3.57. The molecule has 0 atom stereocenters. The van der Waals surface area contributed by atoms with Crippen molar-refractivity contribution in [2.75, 3.05) is 40.2 Å². The molecule has 162 valence electrons. The summed E-state index contributed by atoms with van der Waals surface area (Å²) in [7, 11) is 1.59. The van der Waals surface area contributed by atoms with Crippen molar-refractivity contribution in [1.29, 1.82) is 0 Å². The third kappa shape index (κ3) is 5.93. The smallest absolute Gasteiger partial charge is 0.231 e. The van der Waals surface area contributed by atoms with Gasteiger partial charge in [0.1, 0.15) is 6.61 Å². The number of guanidine groups is 1. The van der Waals surface area contributed by atoms with E-state index in [1.165, 1.54) is 5.56 Å². The summed E-state index contributed by atoms with van der Waals surface area (Å²) in [6.45, 7) is 4.51. The van der Waals surface area contributed by atoms with Crippen molar-refractivity contribution in [3.63, 3.8) is 0 Å². The first kappa shape index (κ1) is 21.6. The van der Waals surface area contributed by atoms with Crippen LogP contribution in [0.15, 0.2) is 41.4 Å². The van der Waals surface area contributed by atoms with E-state index < -0.39 is 0 Å². The number of rotatable bonds is 10. The molecule has 0 bridgehead atoms. The summed E-state index contributed by atoms with van der Waals surface area (Å²) in [4.78, 5) is 4.65. The van der Waals surface area contributed by atoms with Gasteiger partial charge < -0.3 is 34.7 Å². The van der Waals surface area contributed by atoms with Gasteiger partial charge in [-0.15, -0.1) is 0 Å². The van der Waals surface area contributed by atoms with Crippen LogP contribution in [0.4, 0.5) is 0 Å². The maximum Gasteiger partial charge on any atom is 0.231 e. The van der Waals surface area contributed by atoms with Crippen LogP contribution in [0.1, 0.15) is 18.1 Å². The number of hydrogen-bond acceptors (Lipinski definition) is 6. The summed E-state index contributed by atoms with van der Waals surface area (Å²) < 4.78 is 21.6. The lowest BCUT2D eigenvalue weighted by Crippen LogP contribution is -2.38. The first-order valence-electron chi connectivity index (χ1n) is 10.0. The Morgan fingerprint density at radius 3 is 2.70 bits per heavy atom. The van der Waals surface area contributed by atoms with Crippen LogP contribution in [-0.4, -0.2) is 51.3 Å². The normalized spacial score (nSPS) is 12.6. The van der Waals surface area contributed by atoms with E-state index in [1.807, 2.05) is 43.3 Å². The van der Waals surface area contributed by atoms with Gasteiger partial charge in [-0.1, -0.05) is 12.1 Å². The molecule has 3 rings (SSSR count). The predicted molar refractivity (Wildman–Crippen MR) is 115 cm³/mol. The van der Waals surface area contributed by atoms with Gasteiger partial charge in [0.05, 0.1) is 20.3 Å². The van der Waals surface area contributed by atoms with Gasteiger partial charge in [-0.2, -0.15) is 0 Å². The quantitative estimate of drug-likeness (QED) is 0.404. The van der Waals surface area contributed by atoms with Gasteiger partial charge in [0.15, 0.2) is 29.0 Å². The maximum absolute atomic E-state index is 8.92. The number of nitrogens with one attached hydrogen (secondary N) is 2. The van der Waals surface area contributed by atoms with E-state index >= 15 is 0 Å². The molecule has 8 heteroatoms. The van der Waals surface area contributed by atoms with Gasteiger partial charge in [0, 0.05) is 13.1 Å².